The minimum atomic E-state index is -1.28. The predicted molar refractivity (Wildman–Crippen MR) is 139 cm³/mol. The first-order valence-corrected chi connectivity index (χ1v) is 12.7. The fourth-order valence-electron chi connectivity index (χ4n) is 4.98. The van der Waals surface area contributed by atoms with Gasteiger partial charge in [0.1, 0.15) is 31.8 Å². The zero-order chi connectivity index (χ0) is 27.4. The largest absolute Gasteiger partial charge is 0.485 e. The van der Waals surface area contributed by atoms with Crippen molar-refractivity contribution >= 4 is 17.3 Å². The molecule has 0 radical (unpaired) electrons. The van der Waals surface area contributed by atoms with Crippen LogP contribution in [-0.2, 0) is 17.9 Å². The third-order valence-electron chi connectivity index (χ3n) is 6.94. The van der Waals surface area contributed by atoms with Crippen molar-refractivity contribution in [2.75, 3.05) is 26.4 Å². The summed E-state index contributed by atoms with van der Waals surface area (Å²) in [6, 6.07) is 11.8. The summed E-state index contributed by atoms with van der Waals surface area (Å²) in [7, 11) is 0. The Balaban J connectivity index is 1.58. The number of hydrogen-bond donors (Lipinski definition) is 0. The van der Waals surface area contributed by atoms with Gasteiger partial charge in [-0.2, -0.15) is 5.10 Å². The number of ether oxygens (including phenoxy) is 1. The van der Waals surface area contributed by atoms with Crippen LogP contribution in [0.1, 0.15) is 30.0 Å². The Morgan fingerprint density at radius 3 is 2.44 bits per heavy atom. The maximum absolute atomic E-state index is 13.8. The van der Waals surface area contributed by atoms with E-state index in [9.17, 15) is 23.2 Å². The van der Waals surface area contributed by atoms with Gasteiger partial charge in [0.2, 0.25) is 6.41 Å². The quantitative estimate of drug-likeness (QED) is 0.287. The molecule has 0 bridgehead atoms. The molecule has 1 saturated heterocycles. The molecule has 0 atom stereocenters. The topological polar surface area (TPSA) is 104 Å². The second-order valence-electron chi connectivity index (χ2n) is 9.56. The molecule has 0 N–H and O–H groups in total. The van der Waals surface area contributed by atoms with Crippen LogP contribution in [0.25, 0.3) is 10.9 Å². The van der Waals surface area contributed by atoms with E-state index in [4.69, 9.17) is 4.74 Å². The highest BCUT2D eigenvalue weighted by atomic mass is 19.1. The van der Waals surface area contributed by atoms with Gasteiger partial charge in [0.05, 0.1) is 24.0 Å². The third kappa shape index (κ3) is 5.59. The molecule has 0 aliphatic carbocycles. The lowest BCUT2D eigenvalue weighted by Crippen LogP contribution is -2.44. The van der Waals surface area contributed by atoms with E-state index in [0.29, 0.717) is 38.0 Å². The molecule has 0 spiro atoms. The Morgan fingerprint density at radius 1 is 1.03 bits per heavy atom. The predicted octanol–water partition coefficient (Wildman–Crippen LogP) is 2.33. The van der Waals surface area contributed by atoms with Gasteiger partial charge in [-0.3, -0.25) is 18.7 Å². The maximum atomic E-state index is 13.8. The molecule has 5 rings (SSSR count). The SMILES string of the molecule is O=CN1CCC(n2c(=O)n(Cc3cccc(Cn4cncn4)c3)c(=O)c3cc(OC(CF)CF)ccc32)CC1. The standard InChI is InChI=1S/C27H28F2N6O4/c28-12-23(13-29)39-22-4-5-25-24(11-22)26(37)34(27(38)35(25)21-6-8-32(18-36)9-7-21)15-20-3-1-2-19(10-20)14-33-17-30-16-31-33/h1-5,10-11,16-18,21,23H,6-9,12-15H2. The summed E-state index contributed by atoms with van der Waals surface area (Å²) in [5.41, 5.74) is 1.09. The summed E-state index contributed by atoms with van der Waals surface area (Å²) < 4.78 is 36.0. The zero-order valence-electron chi connectivity index (χ0n) is 21.2. The van der Waals surface area contributed by atoms with Gasteiger partial charge in [-0.05, 0) is 42.2 Å². The molecule has 4 aromatic rings. The minimum absolute atomic E-state index is 0.0225. The molecule has 2 aromatic heterocycles. The number of hydrogen-bond acceptors (Lipinski definition) is 6. The van der Waals surface area contributed by atoms with Gasteiger partial charge in [0, 0.05) is 19.1 Å². The number of alkyl halides is 2. The van der Waals surface area contributed by atoms with Gasteiger partial charge in [-0.15, -0.1) is 0 Å². The van der Waals surface area contributed by atoms with Gasteiger partial charge in [-0.25, -0.2) is 23.2 Å². The molecular weight excluding hydrogens is 510 g/mol. The van der Waals surface area contributed by atoms with E-state index in [0.717, 1.165) is 17.5 Å². The lowest BCUT2D eigenvalue weighted by atomic mass is 10.0. The summed E-state index contributed by atoms with van der Waals surface area (Å²) in [6.07, 6.45) is 3.65. The van der Waals surface area contributed by atoms with E-state index in [1.165, 1.54) is 23.0 Å². The normalized spacial score (nSPS) is 14.3. The van der Waals surface area contributed by atoms with E-state index in [2.05, 4.69) is 10.1 Å². The number of likely N-dealkylation sites (tertiary alicyclic amines) is 1. The van der Waals surface area contributed by atoms with Crippen LogP contribution < -0.4 is 16.0 Å². The molecule has 0 unspecified atom stereocenters. The number of rotatable bonds is 10. The fourth-order valence-corrected chi connectivity index (χ4v) is 4.98. The van der Waals surface area contributed by atoms with Crippen LogP contribution in [0.15, 0.2) is 64.7 Å². The summed E-state index contributed by atoms with van der Waals surface area (Å²) in [5, 5.41) is 4.32. The number of fused-ring (bicyclic) bond motifs is 1. The highest BCUT2D eigenvalue weighted by molar-refractivity contribution is 5.80. The summed E-state index contributed by atoms with van der Waals surface area (Å²) >= 11 is 0. The number of amides is 1. The second kappa shape index (κ2) is 11.6. The van der Waals surface area contributed by atoms with Crippen molar-refractivity contribution in [1.82, 2.24) is 28.8 Å². The van der Waals surface area contributed by atoms with E-state index in [1.54, 1.807) is 26.5 Å². The van der Waals surface area contributed by atoms with Gasteiger partial charge in [-0.1, -0.05) is 24.3 Å². The van der Waals surface area contributed by atoms with Crippen molar-refractivity contribution in [3.8, 4) is 5.75 Å². The van der Waals surface area contributed by atoms with Crippen LogP contribution in [0.5, 0.6) is 5.75 Å². The van der Waals surface area contributed by atoms with Crippen molar-refractivity contribution in [3.63, 3.8) is 0 Å². The van der Waals surface area contributed by atoms with Crippen LogP contribution in [0.4, 0.5) is 8.78 Å². The Hall–Kier alpha value is -4.35. The molecule has 39 heavy (non-hydrogen) atoms. The third-order valence-corrected chi connectivity index (χ3v) is 6.94. The zero-order valence-corrected chi connectivity index (χ0v) is 21.2. The van der Waals surface area contributed by atoms with Crippen LogP contribution in [0, 0.1) is 0 Å². The summed E-state index contributed by atoms with van der Waals surface area (Å²) in [5.74, 6) is 0.141. The summed E-state index contributed by atoms with van der Waals surface area (Å²) in [6.45, 7) is -0.556. The van der Waals surface area contributed by atoms with Crippen LogP contribution in [0.3, 0.4) is 0 Å². The van der Waals surface area contributed by atoms with Gasteiger partial charge in [0.15, 0.2) is 6.10 Å². The average Bonchev–Trinajstić information content (AvgIpc) is 3.48. The first-order chi connectivity index (χ1) is 19.0. The molecule has 0 saturated carbocycles. The van der Waals surface area contributed by atoms with Gasteiger partial charge in [0.25, 0.3) is 5.56 Å². The monoisotopic (exact) mass is 538 g/mol. The molecule has 1 fully saturated rings. The number of aromatic nitrogens is 5. The van der Waals surface area contributed by atoms with Crippen LogP contribution >= 0.6 is 0 Å². The Morgan fingerprint density at radius 2 is 1.77 bits per heavy atom. The summed E-state index contributed by atoms with van der Waals surface area (Å²) in [4.78, 5) is 44.3. The van der Waals surface area contributed by atoms with Crippen molar-refractivity contribution in [3.05, 3.63) is 87.1 Å². The molecule has 1 aliphatic heterocycles. The van der Waals surface area contributed by atoms with Gasteiger partial charge < -0.3 is 9.64 Å². The van der Waals surface area contributed by atoms with Crippen molar-refractivity contribution in [2.24, 2.45) is 0 Å². The van der Waals surface area contributed by atoms with E-state index in [-0.39, 0.29) is 23.7 Å². The van der Waals surface area contributed by atoms with E-state index in [1.807, 2.05) is 24.3 Å². The number of benzene rings is 2. The van der Waals surface area contributed by atoms with Crippen molar-refractivity contribution in [1.29, 1.82) is 0 Å². The lowest BCUT2D eigenvalue weighted by molar-refractivity contribution is -0.119. The molecule has 12 heteroatoms. The molecule has 10 nitrogen and oxygen atoms in total. The van der Waals surface area contributed by atoms with E-state index >= 15 is 0 Å². The van der Waals surface area contributed by atoms with Crippen molar-refractivity contribution in [2.45, 2.75) is 38.1 Å². The van der Waals surface area contributed by atoms with Crippen molar-refractivity contribution < 1.29 is 18.3 Å². The van der Waals surface area contributed by atoms with Crippen LogP contribution in [-0.4, -0.2) is 67.8 Å². The number of carbonyl (C=O) groups is 1. The minimum Gasteiger partial charge on any atom is -0.485 e. The first-order valence-electron chi connectivity index (χ1n) is 12.7. The molecule has 3 heterocycles. The Bertz CT molecular complexity index is 1560. The second-order valence-corrected chi connectivity index (χ2v) is 9.56. The molecular formula is C27H28F2N6O4. The van der Waals surface area contributed by atoms with Gasteiger partial charge >= 0.3 is 5.69 Å². The number of halogens is 2. The Labute approximate surface area is 222 Å². The first kappa shape index (κ1) is 26.3. The lowest BCUT2D eigenvalue weighted by Gasteiger charge is -2.31. The molecule has 204 valence electrons. The number of carbonyl (C=O) groups excluding carboxylic acids is 1. The molecule has 2 aromatic carbocycles. The maximum Gasteiger partial charge on any atom is 0.332 e. The number of piperidine rings is 1. The average molecular weight is 539 g/mol. The molecule has 1 amide bonds. The smallest absolute Gasteiger partial charge is 0.332 e. The fraction of sp³-hybridized carbons (Fsp3) is 0.370. The highest BCUT2D eigenvalue weighted by Gasteiger charge is 2.25. The van der Waals surface area contributed by atoms with Crippen LogP contribution in [0.2, 0.25) is 0 Å². The molecule has 1 aliphatic rings. The van der Waals surface area contributed by atoms with E-state index < -0.39 is 30.7 Å². The number of nitrogens with zero attached hydrogens (tertiary/aromatic N) is 6. The highest BCUT2D eigenvalue weighted by Crippen LogP contribution is 2.26. The Kier molecular flexibility index (Phi) is 7.80.